The highest BCUT2D eigenvalue weighted by molar-refractivity contribution is 5.92. The minimum absolute atomic E-state index is 0.125. The molecule has 1 atom stereocenters. The van der Waals surface area contributed by atoms with Crippen LogP contribution >= 0.6 is 0 Å². The molecule has 0 saturated carbocycles. The van der Waals surface area contributed by atoms with Crippen LogP contribution in [-0.4, -0.2) is 37.0 Å². The number of hydrogen-bond acceptors (Lipinski definition) is 7. The molecule has 0 bridgehead atoms. The van der Waals surface area contributed by atoms with E-state index >= 15 is 0 Å². The third-order valence-electron chi connectivity index (χ3n) is 3.09. The van der Waals surface area contributed by atoms with E-state index in [-0.39, 0.29) is 17.9 Å². The molecule has 3 N–H and O–H groups in total. The van der Waals surface area contributed by atoms with Gasteiger partial charge in [-0.3, -0.25) is 9.59 Å². The molecule has 24 heavy (non-hydrogen) atoms. The van der Waals surface area contributed by atoms with E-state index in [0.717, 1.165) is 0 Å². The first-order valence-electron chi connectivity index (χ1n) is 7.49. The van der Waals surface area contributed by atoms with Gasteiger partial charge in [0, 0.05) is 5.69 Å². The number of nitrogens with two attached hydrogens (primary N) is 1. The van der Waals surface area contributed by atoms with Crippen LogP contribution in [0.15, 0.2) is 18.2 Å². The Kier molecular flexibility index (Phi) is 6.48. The van der Waals surface area contributed by atoms with Crippen molar-refractivity contribution in [3.05, 3.63) is 29.3 Å². The van der Waals surface area contributed by atoms with Crippen molar-refractivity contribution >= 4 is 23.4 Å². The van der Waals surface area contributed by atoms with Crippen LogP contribution in [0.3, 0.4) is 0 Å². The summed E-state index contributed by atoms with van der Waals surface area (Å²) in [4.78, 5) is 35.1. The van der Waals surface area contributed by atoms with Gasteiger partial charge < -0.3 is 20.5 Å². The topological polar surface area (TPSA) is 108 Å². The maximum absolute atomic E-state index is 11.8. The van der Waals surface area contributed by atoms with Crippen molar-refractivity contribution in [2.45, 2.75) is 39.3 Å². The molecule has 7 heteroatoms. The molecule has 0 radical (unpaired) electrons. The zero-order chi connectivity index (χ0) is 18.5. The lowest BCUT2D eigenvalue weighted by atomic mass is 10.00. The summed E-state index contributed by atoms with van der Waals surface area (Å²) in [5.41, 5.74) is 6.45. The van der Waals surface area contributed by atoms with Gasteiger partial charge in [-0.25, -0.2) is 4.79 Å². The highest BCUT2D eigenvalue weighted by Gasteiger charge is 2.20. The zero-order valence-corrected chi connectivity index (χ0v) is 14.6. The largest absolute Gasteiger partial charge is 0.465 e. The van der Waals surface area contributed by atoms with Gasteiger partial charge in [-0.05, 0) is 45.4 Å². The zero-order valence-electron chi connectivity index (χ0n) is 14.6. The van der Waals surface area contributed by atoms with Crippen LogP contribution in [0.2, 0.25) is 0 Å². The number of methoxy groups -OCH3 is 1. The lowest BCUT2D eigenvalue weighted by molar-refractivity contribution is -0.152. The molecule has 1 unspecified atom stereocenters. The van der Waals surface area contributed by atoms with Crippen molar-refractivity contribution < 1.29 is 23.9 Å². The molecule has 0 aliphatic rings. The summed E-state index contributed by atoms with van der Waals surface area (Å²) >= 11 is 0. The number of hydrogen-bond donors (Lipinski definition) is 2. The monoisotopic (exact) mass is 336 g/mol. The standard InChI is InChI=1S/C17H24N2O5/c1-10(20)15(18)12-7-6-11(16(22)23-5)8-13(12)19-9-14(21)24-17(2,3)4/h6-8,15,19H,9,18H2,1-5H3. The van der Waals surface area contributed by atoms with Gasteiger partial charge in [-0.1, -0.05) is 6.07 Å². The predicted molar refractivity (Wildman–Crippen MR) is 89.7 cm³/mol. The maximum atomic E-state index is 11.8. The Morgan fingerprint density at radius 3 is 2.38 bits per heavy atom. The van der Waals surface area contributed by atoms with E-state index in [1.165, 1.54) is 26.2 Å². The maximum Gasteiger partial charge on any atom is 0.337 e. The SMILES string of the molecule is COC(=O)c1ccc(C(N)C(C)=O)c(NCC(=O)OC(C)(C)C)c1. The normalized spacial score (nSPS) is 12.2. The highest BCUT2D eigenvalue weighted by atomic mass is 16.6. The van der Waals surface area contributed by atoms with Gasteiger partial charge in [0.2, 0.25) is 0 Å². The summed E-state index contributed by atoms with van der Waals surface area (Å²) < 4.78 is 9.89. The van der Waals surface area contributed by atoms with Crippen LogP contribution in [0, 0.1) is 0 Å². The number of anilines is 1. The molecule has 0 fully saturated rings. The Labute approximate surface area is 141 Å². The lowest BCUT2D eigenvalue weighted by Gasteiger charge is -2.21. The number of rotatable bonds is 6. The minimum Gasteiger partial charge on any atom is -0.465 e. The van der Waals surface area contributed by atoms with Gasteiger partial charge in [0.1, 0.15) is 12.1 Å². The van der Waals surface area contributed by atoms with E-state index in [9.17, 15) is 14.4 Å². The van der Waals surface area contributed by atoms with Crippen LogP contribution in [0.5, 0.6) is 0 Å². The molecular formula is C17H24N2O5. The Morgan fingerprint density at radius 2 is 1.88 bits per heavy atom. The Balaban J connectivity index is 3.05. The van der Waals surface area contributed by atoms with E-state index in [4.69, 9.17) is 10.5 Å². The van der Waals surface area contributed by atoms with Crippen LogP contribution in [-0.2, 0) is 19.1 Å². The smallest absolute Gasteiger partial charge is 0.337 e. The number of nitrogens with one attached hydrogen (secondary N) is 1. The number of ether oxygens (including phenoxy) is 2. The van der Waals surface area contributed by atoms with Gasteiger partial charge in [-0.15, -0.1) is 0 Å². The van der Waals surface area contributed by atoms with Crippen LogP contribution in [0.1, 0.15) is 49.7 Å². The summed E-state index contributed by atoms with van der Waals surface area (Å²) in [6.07, 6.45) is 0. The summed E-state index contributed by atoms with van der Waals surface area (Å²) in [5.74, 6) is -1.23. The Morgan fingerprint density at radius 1 is 1.25 bits per heavy atom. The van der Waals surface area contributed by atoms with E-state index in [0.29, 0.717) is 11.3 Å². The summed E-state index contributed by atoms with van der Waals surface area (Å²) in [6, 6.07) is 3.71. The van der Waals surface area contributed by atoms with E-state index < -0.39 is 23.6 Å². The first-order valence-corrected chi connectivity index (χ1v) is 7.49. The number of carbonyl (C=O) groups excluding carboxylic acids is 3. The Bertz CT molecular complexity index is 634. The van der Waals surface area contributed by atoms with Gasteiger partial charge in [0.05, 0.1) is 18.7 Å². The molecule has 1 aromatic rings. The third kappa shape index (κ3) is 5.66. The molecule has 0 aliphatic heterocycles. The molecule has 7 nitrogen and oxygen atoms in total. The van der Waals surface area contributed by atoms with Gasteiger partial charge in [0.15, 0.2) is 5.78 Å². The highest BCUT2D eigenvalue weighted by Crippen LogP contribution is 2.24. The second kappa shape index (κ2) is 7.92. The number of ketones is 1. The quantitative estimate of drug-likeness (QED) is 0.763. The molecule has 1 rings (SSSR count). The van der Waals surface area contributed by atoms with Gasteiger partial charge >= 0.3 is 11.9 Å². The van der Waals surface area contributed by atoms with E-state index in [1.54, 1.807) is 26.8 Å². The van der Waals surface area contributed by atoms with Crippen molar-refractivity contribution in [3.8, 4) is 0 Å². The predicted octanol–water partition coefficient (Wildman–Crippen LogP) is 1.82. The fourth-order valence-corrected chi connectivity index (χ4v) is 1.99. The van der Waals surface area contributed by atoms with Crippen LogP contribution < -0.4 is 11.1 Å². The number of esters is 2. The van der Waals surface area contributed by atoms with Crippen molar-refractivity contribution in [2.24, 2.45) is 5.73 Å². The molecule has 0 aromatic heterocycles. The Hall–Kier alpha value is -2.41. The molecule has 0 saturated heterocycles. The summed E-state index contributed by atoms with van der Waals surface area (Å²) in [7, 11) is 1.27. The molecule has 132 valence electrons. The van der Waals surface area contributed by atoms with Crippen LogP contribution in [0.25, 0.3) is 0 Å². The fraction of sp³-hybridized carbons (Fsp3) is 0.471. The molecular weight excluding hydrogens is 312 g/mol. The summed E-state index contributed by atoms with van der Waals surface area (Å²) in [5, 5.41) is 2.88. The first-order chi connectivity index (χ1) is 11.0. The van der Waals surface area contributed by atoms with E-state index in [1.807, 2.05) is 0 Å². The van der Waals surface area contributed by atoms with Crippen LogP contribution in [0.4, 0.5) is 5.69 Å². The molecule has 0 aliphatic carbocycles. The number of carbonyl (C=O) groups is 3. The number of benzene rings is 1. The molecule has 1 aromatic carbocycles. The minimum atomic E-state index is -0.863. The van der Waals surface area contributed by atoms with Crippen molar-refractivity contribution in [2.75, 3.05) is 19.0 Å². The second-order valence-electron chi connectivity index (χ2n) is 6.32. The van der Waals surface area contributed by atoms with Gasteiger partial charge in [0.25, 0.3) is 0 Å². The second-order valence-corrected chi connectivity index (χ2v) is 6.32. The number of Topliss-reactive ketones (excluding diaryl/α,β-unsaturated/α-hetero) is 1. The average Bonchev–Trinajstić information content (AvgIpc) is 2.49. The van der Waals surface area contributed by atoms with Gasteiger partial charge in [-0.2, -0.15) is 0 Å². The fourth-order valence-electron chi connectivity index (χ4n) is 1.99. The third-order valence-corrected chi connectivity index (χ3v) is 3.09. The molecule has 0 spiro atoms. The first kappa shape index (κ1) is 19.6. The molecule has 0 heterocycles. The van der Waals surface area contributed by atoms with E-state index in [2.05, 4.69) is 10.1 Å². The van der Waals surface area contributed by atoms with Crippen molar-refractivity contribution in [3.63, 3.8) is 0 Å². The lowest BCUT2D eigenvalue weighted by Crippen LogP contribution is -2.29. The molecule has 0 amide bonds. The van der Waals surface area contributed by atoms with Crippen molar-refractivity contribution in [1.29, 1.82) is 0 Å². The van der Waals surface area contributed by atoms with Crippen molar-refractivity contribution in [1.82, 2.24) is 0 Å². The summed E-state index contributed by atoms with van der Waals surface area (Å²) in [6.45, 7) is 6.54. The average molecular weight is 336 g/mol.